The third kappa shape index (κ3) is 2.29. The number of nitrogen functional groups attached to an aromatic ring is 1. The summed E-state index contributed by atoms with van der Waals surface area (Å²) in [4.78, 5) is 9.20. The number of anilines is 1. The fourth-order valence-electron chi connectivity index (χ4n) is 2.79. The Morgan fingerprint density at radius 3 is 2.70 bits per heavy atom. The van der Waals surface area contributed by atoms with Gasteiger partial charge >= 0.3 is 0 Å². The Bertz CT molecular complexity index is 928. The van der Waals surface area contributed by atoms with Crippen molar-refractivity contribution in [2.24, 2.45) is 4.99 Å². The summed E-state index contributed by atoms with van der Waals surface area (Å²) in [6, 6.07) is 11.2. The van der Waals surface area contributed by atoms with Gasteiger partial charge in [0.25, 0.3) is 0 Å². The lowest BCUT2D eigenvalue weighted by Crippen LogP contribution is -2.09. The maximum atomic E-state index is 5.99. The summed E-state index contributed by atoms with van der Waals surface area (Å²) in [6.45, 7) is 2.32. The second-order valence-electron chi connectivity index (χ2n) is 5.37. The molecule has 3 aromatic rings. The molecule has 4 rings (SSSR count). The van der Waals surface area contributed by atoms with Crippen LogP contribution in [0.3, 0.4) is 0 Å². The van der Waals surface area contributed by atoms with Crippen LogP contribution in [0.5, 0.6) is 0 Å². The molecule has 3 heterocycles. The third-order valence-corrected chi connectivity index (χ3v) is 4.09. The fourth-order valence-corrected chi connectivity index (χ4v) is 2.91. The number of rotatable bonds is 1. The molecule has 0 atom stereocenters. The molecule has 0 saturated heterocycles. The molecule has 5 nitrogen and oxygen atoms in total. The molecule has 2 N–H and O–H groups in total. The minimum Gasteiger partial charge on any atom is -0.384 e. The van der Waals surface area contributed by atoms with Gasteiger partial charge in [-0.25, -0.2) is 4.98 Å². The Kier molecular flexibility index (Phi) is 3.16. The van der Waals surface area contributed by atoms with Gasteiger partial charge in [-0.3, -0.25) is 4.99 Å². The van der Waals surface area contributed by atoms with Gasteiger partial charge in [-0.15, -0.1) is 0 Å². The number of nitrogens with zero attached hydrogens (tertiary/aromatic N) is 3. The highest BCUT2D eigenvalue weighted by atomic mass is 35.5. The second kappa shape index (κ2) is 5.21. The van der Waals surface area contributed by atoms with Crippen LogP contribution in [-0.4, -0.2) is 15.9 Å². The summed E-state index contributed by atoms with van der Waals surface area (Å²) in [5.74, 6) is 1.18. The molecule has 2 aromatic heterocycles. The molecule has 0 radical (unpaired) electrons. The molecule has 0 aliphatic carbocycles. The molecule has 0 amide bonds. The zero-order valence-electron chi connectivity index (χ0n) is 12.4. The van der Waals surface area contributed by atoms with Crippen LogP contribution >= 0.6 is 11.6 Å². The van der Waals surface area contributed by atoms with Crippen molar-refractivity contribution in [3.63, 3.8) is 0 Å². The molecule has 1 aliphatic rings. The Labute approximate surface area is 137 Å². The number of hydrogen-bond acceptors (Lipinski definition) is 5. The lowest BCUT2D eigenvalue weighted by atomic mass is 9.98. The fraction of sp³-hybridized carbons (Fsp3) is 0.118. The SMILES string of the molecule is Cc1noc2c1-c1ccc(N)nc1C(c1ccc(Cl)cc1)=NC2. The number of aliphatic imine (C=N–C) groups is 1. The summed E-state index contributed by atoms with van der Waals surface area (Å²) < 4.78 is 5.42. The molecule has 1 aliphatic heterocycles. The maximum Gasteiger partial charge on any atom is 0.166 e. The van der Waals surface area contributed by atoms with Crippen molar-refractivity contribution in [1.29, 1.82) is 0 Å². The van der Waals surface area contributed by atoms with Crippen LogP contribution < -0.4 is 5.73 Å². The van der Waals surface area contributed by atoms with Gasteiger partial charge in [0.05, 0.1) is 22.7 Å². The molecule has 0 bridgehead atoms. The van der Waals surface area contributed by atoms with Crippen molar-refractivity contribution < 1.29 is 4.52 Å². The molecule has 0 unspecified atom stereocenters. The van der Waals surface area contributed by atoms with E-state index in [1.54, 1.807) is 6.07 Å². The average Bonchev–Trinajstić information content (AvgIpc) is 2.82. The van der Waals surface area contributed by atoms with Crippen molar-refractivity contribution >= 4 is 23.1 Å². The molecular weight excluding hydrogens is 312 g/mol. The van der Waals surface area contributed by atoms with Crippen LogP contribution in [0.4, 0.5) is 5.82 Å². The van der Waals surface area contributed by atoms with E-state index >= 15 is 0 Å². The highest BCUT2D eigenvalue weighted by Gasteiger charge is 2.25. The predicted molar refractivity (Wildman–Crippen MR) is 89.7 cm³/mol. The first-order valence-corrected chi connectivity index (χ1v) is 7.54. The number of benzene rings is 1. The topological polar surface area (TPSA) is 77.3 Å². The summed E-state index contributed by atoms with van der Waals surface area (Å²) in [7, 11) is 0. The van der Waals surface area contributed by atoms with Gasteiger partial charge in [0, 0.05) is 16.1 Å². The monoisotopic (exact) mass is 324 g/mol. The van der Waals surface area contributed by atoms with E-state index in [9.17, 15) is 0 Å². The van der Waals surface area contributed by atoms with Gasteiger partial charge in [0.2, 0.25) is 0 Å². The zero-order valence-corrected chi connectivity index (χ0v) is 13.1. The number of pyridine rings is 1. The normalized spacial score (nSPS) is 13.0. The smallest absolute Gasteiger partial charge is 0.166 e. The number of aryl methyl sites for hydroxylation is 1. The van der Waals surface area contributed by atoms with E-state index in [2.05, 4.69) is 15.1 Å². The van der Waals surface area contributed by atoms with E-state index in [1.165, 1.54) is 0 Å². The molecule has 114 valence electrons. The van der Waals surface area contributed by atoms with Crippen molar-refractivity contribution in [3.05, 3.63) is 64.1 Å². The first-order chi connectivity index (χ1) is 11.1. The van der Waals surface area contributed by atoms with Crippen LogP contribution in [0.15, 0.2) is 45.9 Å². The summed E-state index contributed by atoms with van der Waals surface area (Å²) in [5.41, 5.74) is 11.0. The van der Waals surface area contributed by atoms with E-state index in [-0.39, 0.29) is 0 Å². The highest BCUT2D eigenvalue weighted by molar-refractivity contribution is 6.30. The van der Waals surface area contributed by atoms with E-state index in [0.717, 1.165) is 39.6 Å². The highest BCUT2D eigenvalue weighted by Crippen LogP contribution is 2.34. The Hall–Kier alpha value is -2.66. The Balaban J connectivity index is 1.98. The largest absolute Gasteiger partial charge is 0.384 e. The van der Waals surface area contributed by atoms with Crippen molar-refractivity contribution in [3.8, 4) is 11.1 Å². The van der Waals surface area contributed by atoms with Crippen molar-refractivity contribution in [2.75, 3.05) is 5.73 Å². The van der Waals surface area contributed by atoms with Crippen LogP contribution in [0.1, 0.15) is 22.7 Å². The predicted octanol–water partition coefficient (Wildman–Crippen LogP) is 3.63. The molecule has 0 spiro atoms. The maximum absolute atomic E-state index is 5.99. The first kappa shape index (κ1) is 14.0. The lowest BCUT2D eigenvalue weighted by Gasteiger charge is -2.10. The summed E-state index contributed by atoms with van der Waals surface area (Å²) in [6.07, 6.45) is 0. The van der Waals surface area contributed by atoms with Crippen LogP contribution in [-0.2, 0) is 6.54 Å². The number of fused-ring (bicyclic) bond motifs is 3. The molecular formula is C17H13ClN4O. The van der Waals surface area contributed by atoms with Gasteiger partial charge in [-0.1, -0.05) is 28.9 Å². The number of halogens is 1. The molecule has 1 aromatic carbocycles. The van der Waals surface area contributed by atoms with Gasteiger partial charge in [0.15, 0.2) is 5.76 Å². The van der Waals surface area contributed by atoms with Crippen molar-refractivity contribution in [1.82, 2.24) is 10.1 Å². The molecule has 0 fully saturated rings. The van der Waals surface area contributed by atoms with E-state index in [4.69, 9.17) is 21.9 Å². The quantitative estimate of drug-likeness (QED) is 0.741. The van der Waals surface area contributed by atoms with E-state index in [0.29, 0.717) is 17.4 Å². The zero-order chi connectivity index (χ0) is 16.0. The lowest BCUT2D eigenvalue weighted by molar-refractivity contribution is 0.382. The molecule has 0 saturated carbocycles. The van der Waals surface area contributed by atoms with Crippen molar-refractivity contribution in [2.45, 2.75) is 13.5 Å². The summed E-state index contributed by atoms with van der Waals surface area (Å²) >= 11 is 5.99. The Morgan fingerprint density at radius 2 is 1.91 bits per heavy atom. The number of aromatic nitrogens is 2. The van der Waals surface area contributed by atoms with Gasteiger partial charge in [0.1, 0.15) is 12.4 Å². The van der Waals surface area contributed by atoms with Gasteiger partial charge < -0.3 is 10.3 Å². The van der Waals surface area contributed by atoms with Gasteiger partial charge in [-0.05, 0) is 31.2 Å². The van der Waals surface area contributed by atoms with Crippen LogP contribution in [0.2, 0.25) is 5.02 Å². The third-order valence-electron chi connectivity index (χ3n) is 3.84. The number of nitrogens with two attached hydrogens (primary N) is 1. The van der Waals surface area contributed by atoms with Crippen LogP contribution in [0, 0.1) is 6.92 Å². The Morgan fingerprint density at radius 1 is 1.13 bits per heavy atom. The molecule has 6 heteroatoms. The first-order valence-electron chi connectivity index (χ1n) is 7.16. The van der Waals surface area contributed by atoms with Gasteiger partial charge in [-0.2, -0.15) is 0 Å². The standard InChI is InChI=1S/C17H13ClN4O/c1-9-15-12-6-7-14(19)21-17(12)16(20-8-13(15)23-22-9)10-2-4-11(18)5-3-10/h2-7H,8H2,1H3,(H2,19,21). The summed E-state index contributed by atoms with van der Waals surface area (Å²) in [5, 5.41) is 4.73. The van der Waals surface area contributed by atoms with E-state index < -0.39 is 0 Å². The van der Waals surface area contributed by atoms with Crippen LogP contribution in [0.25, 0.3) is 11.1 Å². The minimum atomic E-state index is 0.407. The van der Waals surface area contributed by atoms with E-state index in [1.807, 2.05) is 37.3 Å². The molecule has 23 heavy (non-hydrogen) atoms. The minimum absolute atomic E-state index is 0.407. The second-order valence-corrected chi connectivity index (χ2v) is 5.81. The average molecular weight is 325 g/mol. The number of hydrogen-bond donors (Lipinski definition) is 1.